The van der Waals surface area contributed by atoms with Crippen molar-refractivity contribution in [3.63, 3.8) is 0 Å². The third-order valence-electron chi connectivity index (χ3n) is 2.32. The number of hydrogen-bond acceptors (Lipinski definition) is 2. The van der Waals surface area contributed by atoms with E-state index in [1.807, 2.05) is 0 Å². The molecule has 16 heavy (non-hydrogen) atoms. The maximum atomic E-state index is 13.5. The van der Waals surface area contributed by atoms with Crippen molar-refractivity contribution < 1.29 is 9.18 Å². The molecule has 0 saturated heterocycles. The molecule has 2 aromatic rings. The van der Waals surface area contributed by atoms with Crippen LogP contribution in [0.5, 0.6) is 0 Å². The normalized spacial score (nSPS) is 10.4. The maximum absolute atomic E-state index is 13.5. The Hall–Kier alpha value is -1.97. The van der Waals surface area contributed by atoms with Gasteiger partial charge in [-0.2, -0.15) is 5.10 Å². The van der Waals surface area contributed by atoms with Gasteiger partial charge in [-0.15, -0.1) is 0 Å². The predicted octanol–water partition coefficient (Wildman–Crippen LogP) is 2.10. The Bertz CT molecular complexity index is 546. The third kappa shape index (κ3) is 1.86. The van der Waals surface area contributed by atoms with E-state index in [-0.39, 0.29) is 11.3 Å². The second-order valence-electron chi connectivity index (χ2n) is 3.69. The molecule has 82 valence electrons. The summed E-state index contributed by atoms with van der Waals surface area (Å²) in [5.41, 5.74) is 1.10. The molecular weight excluding hydrogens is 207 g/mol. The summed E-state index contributed by atoms with van der Waals surface area (Å²) < 4.78 is 15.1. The number of carbonyl (C=O) groups excluding carboxylic acids is 1. The lowest BCUT2D eigenvalue weighted by Gasteiger charge is -2.00. The van der Waals surface area contributed by atoms with Gasteiger partial charge >= 0.3 is 0 Å². The molecule has 4 heteroatoms. The predicted molar refractivity (Wildman–Crippen MR) is 57.8 cm³/mol. The van der Waals surface area contributed by atoms with Crippen LogP contribution in [0.3, 0.4) is 0 Å². The minimum absolute atomic E-state index is 0.0595. The molecule has 0 fully saturated rings. The lowest BCUT2D eigenvalue weighted by molar-refractivity contribution is 0.103. The van der Waals surface area contributed by atoms with Crippen LogP contribution in [0.25, 0.3) is 0 Å². The van der Waals surface area contributed by atoms with Gasteiger partial charge < -0.3 is 0 Å². The van der Waals surface area contributed by atoms with E-state index in [4.69, 9.17) is 0 Å². The summed E-state index contributed by atoms with van der Waals surface area (Å²) in [5, 5.41) is 3.95. The summed E-state index contributed by atoms with van der Waals surface area (Å²) in [6.07, 6.45) is 1.65. The first kappa shape index (κ1) is 10.5. The maximum Gasteiger partial charge on any atom is 0.216 e. The van der Waals surface area contributed by atoms with Gasteiger partial charge in [-0.05, 0) is 30.7 Å². The van der Waals surface area contributed by atoms with Crippen molar-refractivity contribution in [2.45, 2.75) is 6.92 Å². The van der Waals surface area contributed by atoms with Crippen molar-refractivity contribution in [3.05, 3.63) is 53.1 Å². The standard InChI is InChI=1S/C12H11FN2O/c1-8-3-4-9(10(13)7-8)12(16)11-5-6-15(2)14-11/h3-7H,1-2H3. The summed E-state index contributed by atoms with van der Waals surface area (Å²) in [4.78, 5) is 11.9. The first-order valence-corrected chi connectivity index (χ1v) is 4.88. The van der Waals surface area contributed by atoms with Crippen molar-refractivity contribution in [1.82, 2.24) is 9.78 Å². The quantitative estimate of drug-likeness (QED) is 0.723. The molecule has 0 amide bonds. The van der Waals surface area contributed by atoms with E-state index in [1.54, 1.807) is 32.3 Å². The topological polar surface area (TPSA) is 34.9 Å². The summed E-state index contributed by atoms with van der Waals surface area (Å²) in [6, 6.07) is 6.11. The number of benzene rings is 1. The zero-order valence-corrected chi connectivity index (χ0v) is 9.07. The van der Waals surface area contributed by atoms with Gasteiger partial charge in [-0.25, -0.2) is 4.39 Å². The zero-order valence-electron chi connectivity index (χ0n) is 9.07. The van der Waals surface area contributed by atoms with E-state index in [0.717, 1.165) is 5.56 Å². The van der Waals surface area contributed by atoms with E-state index in [2.05, 4.69) is 5.10 Å². The summed E-state index contributed by atoms with van der Waals surface area (Å²) >= 11 is 0. The van der Waals surface area contributed by atoms with Crippen molar-refractivity contribution in [2.75, 3.05) is 0 Å². The lowest BCUT2D eigenvalue weighted by Crippen LogP contribution is -2.06. The highest BCUT2D eigenvalue weighted by Crippen LogP contribution is 2.13. The number of carbonyl (C=O) groups is 1. The van der Waals surface area contributed by atoms with Crippen molar-refractivity contribution in [1.29, 1.82) is 0 Å². The van der Waals surface area contributed by atoms with E-state index in [1.165, 1.54) is 16.8 Å². The fraction of sp³-hybridized carbons (Fsp3) is 0.167. The molecule has 0 aliphatic heterocycles. The van der Waals surface area contributed by atoms with Crippen LogP contribution in [0.2, 0.25) is 0 Å². The Balaban J connectivity index is 2.41. The molecule has 0 aliphatic carbocycles. The molecule has 2 rings (SSSR count). The Labute approximate surface area is 92.5 Å². The highest BCUT2D eigenvalue weighted by atomic mass is 19.1. The van der Waals surface area contributed by atoms with E-state index in [0.29, 0.717) is 0 Å². The van der Waals surface area contributed by atoms with Crippen LogP contribution in [-0.4, -0.2) is 15.6 Å². The fourth-order valence-corrected chi connectivity index (χ4v) is 1.48. The molecule has 0 N–H and O–H groups in total. The fourth-order valence-electron chi connectivity index (χ4n) is 1.48. The van der Waals surface area contributed by atoms with Gasteiger partial charge in [0.15, 0.2) is 0 Å². The SMILES string of the molecule is Cc1ccc(C(=O)c2ccn(C)n2)c(F)c1. The van der Waals surface area contributed by atoms with Crippen LogP contribution < -0.4 is 0 Å². The van der Waals surface area contributed by atoms with Crippen molar-refractivity contribution in [2.24, 2.45) is 7.05 Å². The number of hydrogen-bond donors (Lipinski definition) is 0. The molecule has 3 nitrogen and oxygen atoms in total. The third-order valence-corrected chi connectivity index (χ3v) is 2.32. The molecule has 0 spiro atoms. The van der Waals surface area contributed by atoms with Gasteiger partial charge in [-0.1, -0.05) is 6.07 Å². The Morgan fingerprint density at radius 2 is 2.12 bits per heavy atom. The van der Waals surface area contributed by atoms with Gasteiger partial charge in [-0.3, -0.25) is 9.48 Å². The Kier molecular flexibility index (Phi) is 2.56. The van der Waals surface area contributed by atoms with Crippen LogP contribution in [0.15, 0.2) is 30.5 Å². The lowest BCUT2D eigenvalue weighted by atomic mass is 10.1. The second kappa shape index (κ2) is 3.89. The molecule has 0 unspecified atom stereocenters. The molecule has 0 atom stereocenters. The van der Waals surface area contributed by atoms with E-state index < -0.39 is 11.6 Å². The molecule has 1 aromatic carbocycles. The average molecular weight is 218 g/mol. The summed E-state index contributed by atoms with van der Waals surface area (Å²) in [6.45, 7) is 1.78. The first-order valence-electron chi connectivity index (χ1n) is 4.88. The molecule has 0 bridgehead atoms. The first-order chi connectivity index (χ1) is 7.58. The number of halogens is 1. The Morgan fingerprint density at radius 1 is 1.38 bits per heavy atom. The monoisotopic (exact) mass is 218 g/mol. The highest BCUT2D eigenvalue weighted by molar-refractivity contribution is 6.07. The summed E-state index contributed by atoms with van der Waals surface area (Å²) in [5.74, 6) is -0.895. The van der Waals surface area contributed by atoms with Gasteiger partial charge in [0.05, 0.1) is 5.56 Å². The van der Waals surface area contributed by atoms with Crippen LogP contribution >= 0.6 is 0 Å². The molecule has 0 saturated carbocycles. The van der Waals surface area contributed by atoms with Crippen LogP contribution in [-0.2, 0) is 7.05 Å². The summed E-state index contributed by atoms with van der Waals surface area (Å²) in [7, 11) is 1.71. The minimum atomic E-state index is -0.504. The number of aryl methyl sites for hydroxylation is 2. The minimum Gasteiger partial charge on any atom is -0.287 e. The van der Waals surface area contributed by atoms with Gasteiger partial charge in [0.1, 0.15) is 11.5 Å². The van der Waals surface area contributed by atoms with Gasteiger partial charge in [0.25, 0.3) is 0 Å². The highest BCUT2D eigenvalue weighted by Gasteiger charge is 2.15. The number of rotatable bonds is 2. The van der Waals surface area contributed by atoms with Crippen LogP contribution in [0.4, 0.5) is 4.39 Å². The zero-order chi connectivity index (χ0) is 11.7. The molecular formula is C12H11FN2O. The smallest absolute Gasteiger partial charge is 0.216 e. The van der Waals surface area contributed by atoms with Crippen molar-refractivity contribution >= 4 is 5.78 Å². The average Bonchev–Trinajstić information content (AvgIpc) is 2.64. The van der Waals surface area contributed by atoms with E-state index in [9.17, 15) is 9.18 Å². The van der Waals surface area contributed by atoms with Gasteiger partial charge in [0.2, 0.25) is 5.78 Å². The molecule has 1 aromatic heterocycles. The van der Waals surface area contributed by atoms with Gasteiger partial charge in [0, 0.05) is 13.2 Å². The number of ketones is 1. The molecule has 0 aliphatic rings. The van der Waals surface area contributed by atoms with Crippen LogP contribution in [0, 0.1) is 12.7 Å². The second-order valence-corrected chi connectivity index (χ2v) is 3.69. The number of aromatic nitrogens is 2. The van der Waals surface area contributed by atoms with Crippen molar-refractivity contribution in [3.8, 4) is 0 Å². The Morgan fingerprint density at radius 3 is 2.69 bits per heavy atom. The van der Waals surface area contributed by atoms with Crippen LogP contribution in [0.1, 0.15) is 21.6 Å². The molecule has 1 heterocycles. The molecule has 0 radical (unpaired) electrons. The van der Waals surface area contributed by atoms with E-state index >= 15 is 0 Å². The number of nitrogens with zero attached hydrogens (tertiary/aromatic N) is 2. The largest absolute Gasteiger partial charge is 0.287 e.